The lowest BCUT2D eigenvalue weighted by molar-refractivity contribution is 0.436. The first-order valence-corrected chi connectivity index (χ1v) is 22.7. The van der Waals surface area contributed by atoms with Crippen molar-refractivity contribution < 1.29 is 4.74 Å². The largest absolute Gasteiger partial charge is 0.457 e. The van der Waals surface area contributed by atoms with Gasteiger partial charge in [0.2, 0.25) is 0 Å². The molecular weight excluding hydrogens is 805 g/mol. The molecule has 2 aromatic heterocycles. The van der Waals surface area contributed by atoms with Crippen molar-refractivity contribution in [3.05, 3.63) is 240 Å². The van der Waals surface area contributed by atoms with E-state index < -0.39 is 5.41 Å². The van der Waals surface area contributed by atoms with E-state index in [4.69, 9.17) is 19.7 Å². The van der Waals surface area contributed by atoms with Gasteiger partial charge in [0.15, 0.2) is 17.5 Å². The summed E-state index contributed by atoms with van der Waals surface area (Å²) in [4.78, 5) is 15.8. The van der Waals surface area contributed by atoms with Crippen molar-refractivity contribution in [2.45, 2.75) is 24.7 Å². The van der Waals surface area contributed by atoms with E-state index >= 15 is 0 Å². The zero-order valence-corrected chi connectivity index (χ0v) is 36.3. The van der Waals surface area contributed by atoms with Crippen LogP contribution in [0.1, 0.15) is 47.2 Å². The van der Waals surface area contributed by atoms with Crippen LogP contribution in [0.25, 0.3) is 83.9 Å². The molecule has 0 atom stereocenters. The number of benzene rings is 9. The molecule has 0 fully saturated rings. The smallest absolute Gasteiger partial charge is 0.164 e. The van der Waals surface area contributed by atoms with Crippen LogP contribution in [0.15, 0.2) is 206 Å². The molecule has 0 unspecified atom stereocenters. The summed E-state index contributed by atoms with van der Waals surface area (Å²) in [5, 5.41) is 2.33. The highest BCUT2D eigenvalue weighted by Crippen LogP contribution is 2.63. The van der Waals surface area contributed by atoms with Crippen molar-refractivity contribution in [2.24, 2.45) is 0 Å². The van der Waals surface area contributed by atoms with Crippen LogP contribution in [-0.2, 0) is 10.8 Å². The second-order valence-electron chi connectivity index (χ2n) is 18.3. The van der Waals surface area contributed by atoms with Gasteiger partial charge in [-0.3, -0.25) is 0 Å². The number of nitrogens with zero attached hydrogens (tertiary/aromatic N) is 4. The molecule has 14 rings (SSSR count). The van der Waals surface area contributed by atoms with E-state index in [1.807, 2.05) is 36.4 Å². The summed E-state index contributed by atoms with van der Waals surface area (Å²) in [6.45, 7) is 4.76. The summed E-state index contributed by atoms with van der Waals surface area (Å²) >= 11 is 0. The Labute approximate surface area is 382 Å². The molecule has 3 aliphatic rings. The summed E-state index contributed by atoms with van der Waals surface area (Å²) in [5.41, 5.74) is 17.6. The van der Waals surface area contributed by atoms with Gasteiger partial charge in [-0.15, -0.1) is 0 Å². The Morgan fingerprint density at radius 3 is 1.62 bits per heavy atom. The average Bonchev–Trinajstić information content (AvgIpc) is 3.95. The zero-order chi connectivity index (χ0) is 43.7. The first kappa shape index (κ1) is 37.0. The minimum atomic E-state index is -0.595. The van der Waals surface area contributed by atoms with E-state index in [1.54, 1.807) is 0 Å². The van der Waals surface area contributed by atoms with Gasteiger partial charge in [0, 0.05) is 49.7 Å². The van der Waals surface area contributed by atoms with E-state index in [0.29, 0.717) is 17.5 Å². The molecule has 0 amide bonds. The topological polar surface area (TPSA) is 52.8 Å². The van der Waals surface area contributed by atoms with Crippen LogP contribution in [-0.4, -0.2) is 19.5 Å². The standard InChI is InChI=1S/C61H40N4O/c1-60(2)46-26-12-10-25-43(46)54-45(59-63-57(37-19-5-3-6-20-37)62-58(64-59)38-21-7-4-8-22-38)36-44-42-24-11-16-30-51(42)65(56(44)55(54)60)39-33-34-41-40-23-9-13-27-47(40)61(50(41)35-39)48-28-14-17-31-52(48)66-53-32-18-15-29-49(53)61/h3-36H,1-2H3. The van der Waals surface area contributed by atoms with Crippen molar-refractivity contribution in [1.82, 2.24) is 19.5 Å². The number of para-hydroxylation sites is 3. The van der Waals surface area contributed by atoms with Gasteiger partial charge >= 0.3 is 0 Å². The highest BCUT2D eigenvalue weighted by Gasteiger charge is 2.51. The lowest BCUT2D eigenvalue weighted by atomic mass is 9.66. The fourth-order valence-corrected chi connectivity index (χ4v) is 11.8. The van der Waals surface area contributed by atoms with Crippen molar-refractivity contribution in [3.8, 4) is 73.6 Å². The monoisotopic (exact) mass is 844 g/mol. The molecular formula is C61H40N4O. The second kappa shape index (κ2) is 13.6. The maximum atomic E-state index is 6.71. The van der Waals surface area contributed by atoms with Gasteiger partial charge in [0.25, 0.3) is 0 Å². The lowest BCUT2D eigenvalue weighted by Crippen LogP contribution is -2.32. The SMILES string of the molecule is CC1(C)c2ccccc2-c2c(-c3nc(-c4ccccc4)nc(-c4ccccc4)n3)cc3c4ccccc4n(-c4ccc5c(c4)C4(c6ccccc6Oc6ccccc64)c4ccccc4-5)c3c21. The second-order valence-corrected chi connectivity index (χ2v) is 18.3. The minimum absolute atomic E-state index is 0.378. The summed E-state index contributed by atoms with van der Waals surface area (Å²) < 4.78 is 9.24. The molecule has 1 spiro atoms. The Hall–Kier alpha value is -8.41. The zero-order valence-electron chi connectivity index (χ0n) is 36.3. The number of rotatable bonds is 4. The lowest BCUT2D eigenvalue weighted by Gasteiger charge is -2.39. The van der Waals surface area contributed by atoms with Gasteiger partial charge in [0.05, 0.1) is 16.4 Å². The van der Waals surface area contributed by atoms with Crippen LogP contribution in [0.4, 0.5) is 0 Å². The normalized spacial score (nSPS) is 14.3. The summed E-state index contributed by atoms with van der Waals surface area (Å²) in [6, 6.07) is 73.9. The van der Waals surface area contributed by atoms with Crippen molar-refractivity contribution in [1.29, 1.82) is 0 Å². The van der Waals surface area contributed by atoms with E-state index in [9.17, 15) is 0 Å². The summed E-state index contributed by atoms with van der Waals surface area (Å²) in [7, 11) is 0. The molecule has 0 N–H and O–H groups in total. The van der Waals surface area contributed by atoms with Crippen LogP contribution in [0.2, 0.25) is 0 Å². The van der Waals surface area contributed by atoms with Gasteiger partial charge in [0.1, 0.15) is 11.5 Å². The fourth-order valence-electron chi connectivity index (χ4n) is 11.8. The summed E-state index contributed by atoms with van der Waals surface area (Å²) in [5.74, 6) is 3.71. The molecule has 66 heavy (non-hydrogen) atoms. The van der Waals surface area contributed by atoms with E-state index in [-0.39, 0.29) is 5.41 Å². The Bertz CT molecular complexity index is 3730. The maximum absolute atomic E-state index is 6.71. The Morgan fingerprint density at radius 2 is 0.939 bits per heavy atom. The van der Waals surface area contributed by atoms with Gasteiger partial charge in [-0.2, -0.15) is 0 Å². The molecule has 0 radical (unpaired) electrons. The van der Waals surface area contributed by atoms with Gasteiger partial charge < -0.3 is 9.30 Å². The third-order valence-corrected chi connectivity index (χ3v) is 14.5. The van der Waals surface area contributed by atoms with E-state index in [0.717, 1.165) is 61.5 Å². The van der Waals surface area contributed by atoms with Gasteiger partial charge in [-0.05, 0) is 80.9 Å². The molecule has 1 aliphatic heterocycles. The minimum Gasteiger partial charge on any atom is -0.457 e. The maximum Gasteiger partial charge on any atom is 0.164 e. The molecule has 0 saturated heterocycles. The third kappa shape index (κ3) is 4.92. The predicted molar refractivity (Wildman–Crippen MR) is 265 cm³/mol. The number of ether oxygens (including phenoxy) is 1. The molecule has 9 aromatic carbocycles. The Kier molecular flexibility index (Phi) is 7.60. The summed E-state index contributed by atoms with van der Waals surface area (Å²) in [6.07, 6.45) is 0. The van der Waals surface area contributed by atoms with Crippen LogP contribution in [0.3, 0.4) is 0 Å². The van der Waals surface area contributed by atoms with Crippen molar-refractivity contribution in [2.75, 3.05) is 0 Å². The Balaban J connectivity index is 1.10. The predicted octanol–water partition coefficient (Wildman–Crippen LogP) is 14.7. The highest BCUT2D eigenvalue weighted by molar-refractivity contribution is 6.16. The van der Waals surface area contributed by atoms with E-state index in [1.165, 1.54) is 49.8 Å². The van der Waals surface area contributed by atoms with Crippen LogP contribution < -0.4 is 4.74 Å². The molecule has 310 valence electrons. The third-order valence-electron chi connectivity index (χ3n) is 14.5. The van der Waals surface area contributed by atoms with Gasteiger partial charge in [-0.25, -0.2) is 15.0 Å². The number of hydrogen-bond donors (Lipinski definition) is 0. The van der Waals surface area contributed by atoms with Gasteiger partial charge in [-0.1, -0.05) is 184 Å². The molecule has 2 aliphatic carbocycles. The number of aromatic nitrogens is 4. The molecule has 5 heteroatoms. The van der Waals surface area contributed by atoms with Crippen LogP contribution >= 0.6 is 0 Å². The fraction of sp³-hybridized carbons (Fsp3) is 0.0656. The highest BCUT2D eigenvalue weighted by atomic mass is 16.5. The number of hydrogen-bond acceptors (Lipinski definition) is 4. The van der Waals surface area contributed by atoms with E-state index in [2.05, 4.69) is 188 Å². The molecule has 0 saturated carbocycles. The first-order valence-electron chi connectivity index (χ1n) is 22.7. The average molecular weight is 845 g/mol. The van der Waals surface area contributed by atoms with Crippen molar-refractivity contribution >= 4 is 21.8 Å². The molecule has 11 aromatic rings. The van der Waals surface area contributed by atoms with Crippen LogP contribution in [0, 0.1) is 0 Å². The van der Waals surface area contributed by atoms with Crippen molar-refractivity contribution in [3.63, 3.8) is 0 Å². The van der Waals surface area contributed by atoms with Crippen LogP contribution in [0.5, 0.6) is 11.5 Å². The quantitative estimate of drug-likeness (QED) is 0.177. The Morgan fingerprint density at radius 1 is 0.409 bits per heavy atom. The number of fused-ring (bicyclic) bond motifs is 16. The molecule has 0 bridgehead atoms. The molecule has 3 heterocycles. The molecule has 5 nitrogen and oxygen atoms in total. The first-order chi connectivity index (χ1) is 32.5.